The molecule has 4 aromatic rings. The van der Waals surface area contributed by atoms with Gasteiger partial charge in [0.2, 0.25) is 0 Å². The van der Waals surface area contributed by atoms with Gasteiger partial charge in [-0.15, -0.1) is 11.8 Å². The van der Waals surface area contributed by atoms with E-state index in [1.165, 1.54) is 42.8 Å². The summed E-state index contributed by atoms with van der Waals surface area (Å²) in [4.78, 5) is 5.31. The van der Waals surface area contributed by atoms with Gasteiger partial charge >= 0.3 is 0 Å². The third-order valence-electron chi connectivity index (χ3n) is 5.13. The molecule has 1 heterocycles. The molecule has 0 amide bonds. The summed E-state index contributed by atoms with van der Waals surface area (Å²) >= 11 is 1.59. The highest BCUT2D eigenvalue weighted by atomic mass is 32.2. The van der Waals surface area contributed by atoms with Crippen LogP contribution >= 0.6 is 11.8 Å². The Morgan fingerprint density at radius 3 is 2.16 bits per heavy atom. The first-order valence-electron chi connectivity index (χ1n) is 9.90. The smallest absolute Gasteiger partial charge is 0.150 e. The van der Waals surface area contributed by atoms with E-state index in [1.54, 1.807) is 17.8 Å². The van der Waals surface area contributed by atoms with E-state index >= 15 is 4.39 Å². The molecule has 3 nitrogen and oxygen atoms in total. The van der Waals surface area contributed by atoms with Crippen molar-refractivity contribution in [3.8, 4) is 28.2 Å². The normalized spacial score (nSPS) is 11.7. The quantitative estimate of drug-likeness (QED) is 0.347. The third-order valence-corrected chi connectivity index (χ3v) is 5.85. The highest BCUT2D eigenvalue weighted by Gasteiger charge is 2.26. The second kappa shape index (κ2) is 8.48. The van der Waals surface area contributed by atoms with Gasteiger partial charge in [-0.2, -0.15) is 0 Å². The van der Waals surface area contributed by atoms with Gasteiger partial charge in [0.05, 0.1) is 16.9 Å². The number of nitrogens with zero attached hydrogens (tertiary/aromatic N) is 2. The average molecular weight is 455 g/mol. The summed E-state index contributed by atoms with van der Waals surface area (Å²) in [7, 11) is 0. The summed E-state index contributed by atoms with van der Waals surface area (Å²) < 4.78 is 45.7. The molecule has 0 aliphatic rings. The summed E-state index contributed by atoms with van der Waals surface area (Å²) in [6, 6.07) is 15.8. The Balaban J connectivity index is 1.89. The zero-order chi connectivity index (χ0) is 23.0. The van der Waals surface area contributed by atoms with Gasteiger partial charge in [0, 0.05) is 11.1 Å². The number of hydrogen-bond acceptors (Lipinski definition) is 3. The van der Waals surface area contributed by atoms with Gasteiger partial charge in [0.25, 0.3) is 0 Å². The molecule has 0 atom stereocenters. The van der Waals surface area contributed by atoms with Gasteiger partial charge < -0.3 is 5.11 Å². The lowest BCUT2D eigenvalue weighted by Gasteiger charge is -2.13. The van der Waals surface area contributed by atoms with Gasteiger partial charge in [-0.1, -0.05) is 24.3 Å². The Hall–Kier alpha value is -3.03. The minimum absolute atomic E-state index is 0.0652. The molecule has 0 aliphatic carbocycles. The fraction of sp³-hybridized carbons (Fsp3) is 0.160. The number of hydrogen-bond donors (Lipinski definition) is 1. The minimum Gasteiger partial charge on any atom is -0.384 e. The van der Waals surface area contributed by atoms with Gasteiger partial charge in [-0.25, -0.2) is 18.2 Å². The van der Waals surface area contributed by atoms with Crippen molar-refractivity contribution in [1.29, 1.82) is 0 Å². The summed E-state index contributed by atoms with van der Waals surface area (Å²) in [6.07, 6.45) is 3.36. The maximum Gasteiger partial charge on any atom is 0.150 e. The fourth-order valence-corrected chi connectivity index (χ4v) is 3.89. The van der Waals surface area contributed by atoms with Crippen LogP contribution in [0.15, 0.2) is 71.8 Å². The van der Waals surface area contributed by atoms with E-state index in [-0.39, 0.29) is 22.8 Å². The maximum absolute atomic E-state index is 15.3. The van der Waals surface area contributed by atoms with Crippen molar-refractivity contribution in [1.82, 2.24) is 9.55 Å². The van der Waals surface area contributed by atoms with Crippen LogP contribution in [-0.2, 0) is 5.60 Å². The largest absolute Gasteiger partial charge is 0.384 e. The van der Waals surface area contributed by atoms with E-state index in [0.717, 1.165) is 22.6 Å². The molecule has 0 saturated heterocycles. The Morgan fingerprint density at radius 1 is 0.875 bits per heavy atom. The molecule has 7 heteroatoms. The molecule has 32 heavy (non-hydrogen) atoms. The molecule has 164 valence electrons. The molecule has 4 rings (SSSR count). The zero-order valence-electron chi connectivity index (χ0n) is 17.7. The van der Waals surface area contributed by atoms with Crippen molar-refractivity contribution >= 4 is 11.8 Å². The third kappa shape index (κ3) is 4.18. The number of imidazole rings is 1. The van der Waals surface area contributed by atoms with Crippen LogP contribution in [-0.4, -0.2) is 20.9 Å². The monoisotopic (exact) mass is 454 g/mol. The predicted octanol–water partition coefficient (Wildman–Crippen LogP) is 6.57. The molecule has 0 saturated carbocycles. The number of aromatic nitrogens is 2. The lowest BCUT2D eigenvalue weighted by molar-refractivity contribution is 0.0743. The van der Waals surface area contributed by atoms with Crippen LogP contribution in [0, 0.1) is 17.5 Å². The number of aliphatic hydroxyl groups is 1. The Labute approximate surface area is 188 Å². The lowest BCUT2D eigenvalue weighted by Crippen LogP contribution is -2.15. The second-order valence-corrected chi connectivity index (χ2v) is 8.75. The SMILES string of the molecule is CSc1cccc(-c2ccc(-n3cc(C(C)(C)O)nc3-c3c(F)cccc3F)c(F)c2)c1. The standard InChI is InChI=1S/C25H21F3N2OS/c1-25(2,31)22-14-30(24(29-22)23-18(26)8-5-9-19(23)27)21-11-10-16(13-20(21)28)15-6-4-7-17(12-15)32-3/h4-14,31H,1-3H3. The molecular weight excluding hydrogens is 433 g/mol. The second-order valence-electron chi connectivity index (χ2n) is 7.87. The molecule has 1 aromatic heterocycles. The van der Waals surface area contributed by atoms with E-state index in [2.05, 4.69) is 4.98 Å². The summed E-state index contributed by atoms with van der Waals surface area (Å²) in [5, 5.41) is 10.4. The first kappa shape index (κ1) is 22.2. The van der Waals surface area contributed by atoms with Crippen LogP contribution in [0.1, 0.15) is 19.5 Å². The molecule has 3 aromatic carbocycles. The lowest BCUT2D eigenvalue weighted by atomic mass is 10.0. The van der Waals surface area contributed by atoms with Gasteiger partial charge in [0.15, 0.2) is 5.82 Å². The summed E-state index contributed by atoms with van der Waals surface area (Å²) in [5.41, 5.74) is -0.0360. The van der Waals surface area contributed by atoms with Crippen LogP contribution in [0.2, 0.25) is 0 Å². The summed E-state index contributed by atoms with van der Waals surface area (Å²) in [5.74, 6) is -2.38. The molecule has 1 N–H and O–H groups in total. The van der Waals surface area contributed by atoms with Gasteiger partial charge in [-0.3, -0.25) is 4.57 Å². The fourth-order valence-electron chi connectivity index (χ4n) is 3.43. The van der Waals surface area contributed by atoms with Crippen LogP contribution in [0.4, 0.5) is 13.2 Å². The van der Waals surface area contributed by atoms with E-state index in [0.29, 0.717) is 5.56 Å². The topological polar surface area (TPSA) is 38.0 Å². The van der Waals surface area contributed by atoms with E-state index < -0.39 is 23.1 Å². The average Bonchev–Trinajstić information content (AvgIpc) is 3.19. The zero-order valence-corrected chi connectivity index (χ0v) is 18.6. The van der Waals surface area contributed by atoms with Crippen LogP contribution in [0.25, 0.3) is 28.2 Å². The Bertz CT molecular complexity index is 1270. The Morgan fingerprint density at radius 2 is 1.53 bits per heavy atom. The van der Waals surface area contributed by atoms with Crippen molar-refractivity contribution in [3.05, 3.63) is 90.0 Å². The summed E-state index contributed by atoms with van der Waals surface area (Å²) in [6.45, 7) is 3.00. The maximum atomic E-state index is 15.3. The van der Waals surface area contributed by atoms with E-state index in [1.807, 2.05) is 30.5 Å². The Kier molecular flexibility index (Phi) is 5.88. The molecular formula is C25H21F3N2OS. The number of rotatable bonds is 5. The van der Waals surface area contributed by atoms with E-state index in [4.69, 9.17) is 0 Å². The molecule has 0 bridgehead atoms. The van der Waals surface area contributed by atoms with Crippen LogP contribution < -0.4 is 0 Å². The van der Waals surface area contributed by atoms with Crippen molar-refractivity contribution < 1.29 is 18.3 Å². The molecule has 0 unspecified atom stereocenters. The van der Waals surface area contributed by atoms with Crippen molar-refractivity contribution in [2.24, 2.45) is 0 Å². The first-order chi connectivity index (χ1) is 15.2. The van der Waals surface area contributed by atoms with Crippen molar-refractivity contribution in [3.63, 3.8) is 0 Å². The molecule has 0 aliphatic heterocycles. The highest BCUT2D eigenvalue weighted by molar-refractivity contribution is 7.98. The van der Waals surface area contributed by atoms with Crippen molar-refractivity contribution in [2.75, 3.05) is 6.26 Å². The number of thioether (sulfide) groups is 1. The van der Waals surface area contributed by atoms with Gasteiger partial charge in [0.1, 0.15) is 23.1 Å². The molecule has 0 spiro atoms. The van der Waals surface area contributed by atoms with Crippen LogP contribution in [0.3, 0.4) is 0 Å². The van der Waals surface area contributed by atoms with Crippen LogP contribution in [0.5, 0.6) is 0 Å². The molecule has 0 radical (unpaired) electrons. The highest BCUT2D eigenvalue weighted by Crippen LogP contribution is 2.33. The first-order valence-corrected chi connectivity index (χ1v) is 11.1. The molecule has 0 fully saturated rings. The van der Waals surface area contributed by atoms with Gasteiger partial charge in [-0.05, 0) is 67.6 Å². The predicted molar refractivity (Wildman–Crippen MR) is 121 cm³/mol. The number of halogens is 3. The van der Waals surface area contributed by atoms with E-state index in [9.17, 15) is 13.9 Å². The number of benzene rings is 3. The minimum atomic E-state index is -1.39. The van der Waals surface area contributed by atoms with Crippen molar-refractivity contribution in [2.45, 2.75) is 24.3 Å².